The number of para-hydroxylation sites is 3. The fourth-order valence-electron chi connectivity index (χ4n) is 10.5. The van der Waals surface area contributed by atoms with Crippen LogP contribution in [0.2, 0.25) is 0 Å². The van der Waals surface area contributed by atoms with E-state index in [2.05, 4.69) is 266 Å². The van der Waals surface area contributed by atoms with Crippen molar-refractivity contribution < 1.29 is 4.42 Å². The molecule has 1 atom stereocenters. The van der Waals surface area contributed by atoms with Crippen LogP contribution in [0.3, 0.4) is 0 Å². The van der Waals surface area contributed by atoms with Gasteiger partial charge < -0.3 is 9.32 Å². The summed E-state index contributed by atoms with van der Waals surface area (Å²) in [6, 6.07) is 76.1. The second-order valence-corrected chi connectivity index (χ2v) is 21.0. The average molecular weight is 894 g/mol. The minimum atomic E-state index is -0.0107. The van der Waals surface area contributed by atoms with Gasteiger partial charge in [0.15, 0.2) is 0 Å². The molecule has 0 radical (unpaired) electrons. The second kappa shape index (κ2) is 17.4. The molecule has 0 amide bonds. The molecule has 0 saturated carbocycles. The molecule has 0 saturated heterocycles. The number of furan rings is 1. The van der Waals surface area contributed by atoms with Crippen molar-refractivity contribution in [3.8, 4) is 44.5 Å². The molecule has 1 unspecified atom stereocenters. The van der Waals surface area contributed by atoms with E-state index in [4.69, 9.17) is 4.42 Å². The summed E-state index contributed by atoms with van der Waals surface area (Å²) in [5, 5.41) is 3.69. The van der Waals surface area contributed by atoms with Gasteiger partial charge in [-0.25, -0.2) is 0 Å². The average Bonchev–Trinajstić information content (AvgIpc) is 3.73. The van der Waals surface area contributed by atoms with Crippen molar-refractivity contribution in [3.05, 3.63) is 234 Å². The van der Waals surface area contributed by atoms with Crippen molar-refractivity contribution in [2.24, 2.45) is 5.92 Å². The van der Waals surface area contributed by atoms with E-state index in [9.17, 15) is 0 Å². The highest BCUT2D eigenvalue weighted by molar-refractivity contribution is 6.09. The number of rotatable bonds is 8. The van der Waals surface area contributed by atoms with Crippen molar-refractivity contribution in [1.82, 2.24) is 0 Å². The molecule has 0 fully saturated rings. The van der Waals surface area contributed by atoms with Crippen molar-refractivity contribution >= 4 is 50.5 Å². The molecule has 0 bridgehead atoms. The predicted molar refractivity (Wildman–Crippen MR) is 295 cm³/mol. The van der Waals surface area contributed by atoms with E-state index >= 15 is 0 Å². The summed E-state index contributed by atoms with van der Waals surface area (Å²) in [6.07, 6.45) is 3.22. The van der Waals surface area contributed by atoms with Crippen LogP contribution in [0.1, 0.15) is 76.5 Å². The van der Waals surface area contributed by atoms with Crippen molar-refractivity contribution in [3.63, 3.8) is 0 Å². The molecule has 9 aromatic carbocycles. The number of allylic oxidation sites excluding steroid dienone is 1. The van der Waals surface area contributed by atoms with Crippen LogP contribution in [0, 0.1) is 5.92 Å². The highest BCUT2D eigenvalue weighted by Crippen LogP contribution is 2.48. The minimum absolute atomic E-state index is 0.0107. The van der Waals surface area contributed by atoms with Crippen LogP contribution >= 0.6 is 0 Å². The number of hydrogen-bond donors (Lipinski definition) is 0. The number of benzene rings is 9. The maximum atomic E-state index is 6.43. The van der Waals surface area contributed by atoms with Crippen LogP contribution in [0.25, 0.3) is 77.9 Å². The Morgan fingerprint density at radius 2 is 0.986 bits per heavy atom. The second-order valence-electron chi connectivity index (χ2n) is 21.0. The Kier molecular flexibility index (Phi) is 11.1. The third kappa shape index (κ3) is 8.29. The molecule has 1 aromatic heterocycles. The van der Waals surface area contributed by atoms with E-state index in [-0.39, 0.29) is 10.8 Å². The number of hydrogen-bond acceptors (Lipinski definition) is 2. The van der Waals surface area contributed by atoms with Gasteiger partial charge in [0, 0.05) is 27.8 Å². The van der Waals surface area contributed by atoms with E-state index in [1.54, 1.807) is 0 Å². The van der Waals surface area contributed by atoms with Gasteiger partial charge in [-0.05, 0) is 126 Å². The zero-order chi connectivity index (χ0) is 47.4. The van der Waals surface area contributed by atoms with Gasteiger partial charge in [0.2, 0.25) is 0 Å². The van der Waals surface area contributed by atoms with Crippen LogP contribution in [0.15, 0.2) is 211 Å². The monoisotopic (exact) mass is 893 g/mol. The molecule has 10 aromatic rings. The van der Waals surface area contributed by atoms with Crippen LogP contribution in [-0.4, -0.2) is 0 Å². The van der Waals surface area contributed by atoms with E-state index < -0.39 is 0 Å². The lowest BCUT2D eigenvalue weighted by molar-refractivity contribution is 0.569. The summed E-state index contributed by atoms with van der Waals surface area (Å²) in [4.78, 5) is 2.48. The first-order chi connectivity index (χ1) is 33.4. The fourth-order valence-corrected chi connectivity index (χ4v) is 10.5. The highest BCUT2D eigenvalue weighted by Gasteiger charge is 2.27. The molecule has 2 heteroatoms. The third-order valence-electron chi connectivity index (χ3n) is 14.3. The van der Waals surface area contributed by atoms with E-state index in [0.29, 0.717) is 5.92 Å². The largest absolute Gasteiger partial charge is 0.456 e. The number of nitrogens with zero attached hydrogens (tertiary/aromatic N) is 1. The van der Waals surface area contributed by atoms with Crippen molar-refractivity contribution in [2.45, 2.75) is 65.7 Å². The Labute approximate surface area is 408 Å². The summed E-state index contributed by atoms with van der Waals surface area (Å²) in [5.74, 6) is 1.32. The summed E-state index contributed by atoms with van der Waals surface area (Å²) in [5.41, 5.74) is 20.3. The Morgan fingerprint density at radius 3 is 1.67 bits per heavy atom. The molecule has 1 aliphatic rings. The summed E-state index contributed by atoms with van der Waals surface area (Å²) >= 11 is 0. The van der Waals surface area contributed by atoms with Gasteiger partial charge >= 0.3 is 0 Å². The Hall–Kier alpha value is -7.68. The van der Waals surface area contributed by atoms with Crippen LogP contribution in [-0.2, 0) is 17.3 Å². The molecule has 0 N–H and O–H groups in total. The van der Waals surface area contributed by atoms with E-state index in [1.807, 2.05) is 0 Å². The van der Waals surface area contributed by atoms with Gasteiger partial charge in [-0.1, -0.05) is 224 Å². The van der Waals surface area contributed by atoms with Gasteiger partial charge in [0.05, 0.1) is 11.4 Å². The molecule has 69 heavy (non-hydrogen) atoms. The fraction of sp³-hybridized carbons (Fsp3) is 0.164. The summed E-state index contributed by atoms with van der Waals surface area (Å²) in [7, 11) is 0. The lowest BCUT2D eigenvalue weighted by Crippen LogP contribution is -2.16. The lowest BCUT2D eigenvalue weighted by atomic mass is 9.78. The zero-order valence-electron chi connectivity index (χ0n) is 40.8. The Morgan fingerprint density at radius 1 is 0.449 bits per heavy atom. The van der Waals surface area contributed by atoms with Crippen molar-refractivity contribution in [2.75, 3.05) is 4.90 Å². The van der Waals surface area contributed by atoms with Crippen molar-refractivity contribution in [1.29, 1.82) is 0 Å². The minimum Gasteiger partial charge on any atom is -0.456 e. The predicted octanol–water partition coefficient (Wildman–Crippen LogP) is 19.1. The molecule has 0 aliphatic heterocycles. The third-order valence-corrected chi connectivity index (χ3v) is 14.3. The maximum absolute atomic E-state index is 6.43. The Balaban J connectivity index is 1.10. The standard InChI is InChI=1S/C67H59NO/c1-44-39-60-57-25-13-16-30-63(57)69-64(60)43-59(44)48-35-37-53(38-36-48)68(61-28-14-11-23-54(61)47-33-31-46(32-34-47)45-19-9-8-10-20-45)62-29-15-12-24-56(62)58-27-18-22-49-21-17-26-55(65(49)58)50-40-51(66(2,3)4)42-52(41-50)67(5,6)7/h8-38,40-44H,39H2,1-7H3. The van der Waals surface area contributed by atoms with E-state index in [1.165, 1.54) is 71.8 Å². The molecular weight excluding hydrogens is 835 g/mol. The lowest BCUT2D eigenvalue weighted by Gasteiger charge is -2.31. The smallest absolute Gasteiger partial charge is 0.135 e. The van der Waals surface area contributed by atoms with Crippen LogP contribution < -0.4 is 4.90 Å². The molecule has 11 rings (SSSR count). The first-order valence-corrected chi connectivity index (χ1v) is 24.5. The zero-order valence-corrected chi connectivity index (χ0v) is 40.8. The summed E-state index contributed by atoms with van der Waals surface area (Å²) in [6.45, 7) is 16.3. The van der Waals surface area contributed by atoms with E-state index in [0.717, 1.165) is 51.5 Å². The van der Waals surface area contributed by atoms with Gasteiger partial charge in [0.1, 0.15) is 11.3 Å². The molecular formula is C67H59NO. The molecule has 338 valence electrons. The number of anilines is 3. The SMILES string of the molecule is CC1Cc2c(oc3ccccc23)C=C1c1ccc(N(c2ccccc2-c2ccc(-c3ccccc3)cc2)c2ccccc2-c2cccc3cccc(-c4cc(C(C)(C)C)cc(C(C)(C)C)c4)c23)cc1. The van der Waals surface area contributed by atoms with Crippen LogP contribution in [0.5, 0.6) is 0 Å². The van der Waals surface area contributed by atoms with Gasteiger partial charge in [-0.3, -0.25) is 0 Å². The highest BCUT2D eigenvalue weighted by atomic mass is 16.3. The quantitative estimate of drug-likeness (QED) is 0.151. The van der Waals surface area contributed by atoms with Crippen LogP contribution in [0.4, 0.5) is 17.1 Å². The maximum Gasteiger partial charge on any atom is 0.135 e. The molecule has 1 aliphatic carbocycles. The van der Waals surface area contributed by atoms with Gasteiger partial charge in [0.25, 0.3) is 0 Å². The topological polar surface area (TPSA) is 16.4 Å². The molecule has 0 spiro atoms. The number of fused-ring (bicyclic) bond motifs is 4. The Bertz CT molecular complexity index is 3500. The summed E-state index contributed by atoms with van der Waals surface area (Å²) < 4.78 is 6.43. The van der Waals surface area contributed by atoms with Gasteiger partial charge in [-0.2, -0.15) is 0 Å². The molecule has 2 nitrogen and oxygen atoms in total. The van der Waals surface area contributed by atoms with Gasteiger partial charge in [-0.15, -0.1) is 0 Å². The first kappa shape index (κ1) is 43.9. The first-order valence-electron chi connectivity index (χ1n) is 24.5. The normalized spacial score (nSPS) is 13.9. The molecule has 1 heterocycles.